The van der Waals surface area contributed by atoms with Crippen LogP contribution in [0.15, 0.2) is 54.6 Å². The maximum Gasteiger partial charge on any atom is 0.315 e. The van der Waals surface area contributed by atoms with E-state index in [1.54, 1.807) is 12.1 Å². The normalized spacial score (nSPS) is 9.95. The molecular weight excluding hydrogens is 240 g/mol. The summed E-state index contributed by atoms with van der Waals surface area (Å²) in [6.07, 6.45) is 0. The van der Waals surface area contributed by atoms with Crippen LogP contribution in [-0.2, 0) is 9.59 Å². The van der Waals surface area contributed by atoms with E-state index >= 15 is 0 Å². The Bertz CT molecular complexity index is 591. The summed E-state index contributed by atoms with van der Waals surface area (Å²) < 4.78 is 0. The fourth-order valence-electron chi connectivity index (χ4n) is 1.79. The van der Waals surface area contributed by atoms with Crippen molar-refractivity contribution in [2.24, 2.45) is 5.73 Å². The second-order valence-corrected chi connectivity index (χ2v) is 4.14. The number of amides is 2. The minimum atomic E-state index is -0.963. The van der Waals surface area contributed by atoms with Crippen molar-refractivity contribution in [2.75, 3.05) is 11.9 Å². The lowest BCUT2D eigenvalue weighted by atomic mass is 10.1. The van der Waals surface area contributed by atoms with Crippen LogP contribution < -0.4 is 10.6 Å². The van der Waals surface area contributed by atoms with Crippen LogP contribution >= 0.6 is 0 Å². The van der Waals surface area contributed by atoms with Gasteiger partial charge >= 0.3 is 11.8 Å². The van der Waals surface area contributed by atoms with Gasteiger partial charge in [-0.25, -0.2) is 0 Å². The number of carbonyl (C=O) groups is 2. The number of hydrogen-bond donors (Lipinski definition) is 1. The van der Waals surface area contributed by atoms with Gasteiger partial charge in [-0.15, -0.1) is 0 Å². The van der Waals surface area contributed by atoms with Crippen molar-refractivity contribution in [3.8, 4) is 11.1 Å². The molecule has 0 atom stereocenters. The van der Waals surface area contributed by atoms with Gasteiger partial charge in [0.25, 0.3) is 0 Å². The summed E-state index contributed by atoms with van der Waals surface area (Å²) in [5, 5.41) is 0. The predicted octanol–water partition coefficient (Wildman–Crippen LogP) is 1.80. The Morgan fingerprint density at radius 3 is 1.95 bits per heavy atom. The number of rotatable bonds is 2. The number of carbonyl (C=O) groups excluding carboxylic acids is 2. The van der Waals surface area contributed by atoms with Crippen LogP contribution in [0.25, 0.3) is 11.1 Å². The Morgan fingerprint density at radius 1 is 0.895 bits per heavy atom. The topological polar surface area (TPSA) is 63.4 Å². The lowest BCUT2D eigenvalue weighted by Gasteiger charge is -2.15. The minimum Gasteiger partial charge on any atom is -0.361 e. The molecule has 4 heteroatoms. The van der Waals surface area contributed by atoms with Crippen molar-refractivity contribution < 1.29 is 9.59 Å². The van der Waals surface area contributed by atoms with Gasteiger partial charge in [-0.1, -0.05) is 42.5 Å². The molecule has 0 aliphatic rings. The van der Waals surface area contributed by atoms with Crippen molar-refractivity contribution >= 4 is 17.5 Å². The van der Waals surface area contributed by atoms with Gasteiger partial charge in [-0.05, 0) is 23.3 Å². The van der Waals surface area contributed by atoms with E-state index in [0.717, 1.165) is 11.1 Å². The minimum absolute atomic E-state index is 0.628. The third-order valence-electron chi connectivity index (χ3n) is 2.88. The van der Waals surface area contributed by atoms with Crippen LogP contribution in [0.3, 0.4) is 0 Å². The number of likely N-dealkylation sites (N-methyl/N-ethyl adjacent to an activating group) is 1. The van der Waals surface area contributed by atoms with Crippen LogP contribution in [0.2, 0.25) is 0 Å². The van der Waals surface area contributed by atoms with Crippen molar-refractivity contribution in [2.45, 2.75) is 0 Å². The third kappa shape index (κ3) is 2.80. The van der Waals surface area contributed by atoms with Crippen molar-refractivity contribution in [1.29, 1.82) is 0 Å². The highest BCUT2D eigenvalue weighted by Gasteiger charge is 2.16. The first-order valence-corrected chi connectivity index (χ1v) is 5.82. The van der Waals surface area contributed by atoms with E-state index in [0.29, 0.717) is 5.69 Å². The molecule has 0 unspecified atom stereocenters. The lowest BCUT2D eigenvalue weighted by molar-refractivity contribution is -0.135. The molecule has 0 bridgehead atoms. The summed E-state index contributed by atoms with van der Waals surface area (Å²) in [6.45, 7) is 0. The lowest BCUT2D eigenvalue weighted by Crippen LogP contribution is -2.37. The van der Waals surface area contributed by atoms with E-state index in [2.05, 4.69) is 0 Å². The van der Waals surface area contributed by atoms with E-state index in [9.17, 15) is 9.59 Å². The van der Waals surface area contributed by atoms with E-state index in [1.165, 1.54) is 11.9 Å². The highest BCUT2D eigenvalue weighted by atomic mass is 16.2. The van der Waals surface area contributed by atoms with E-state index in [1.807, 2.05) is 42.5 Å². The van der Waals surface area contributed by atoms with Gasteiger partial charge in [0, 0.05) is 12.7 Å². The molecule has 2 aromatic rings. The van der Waals surface area contributed by atoms with E-state index in [-0.39, 0.29) is 0 Å². The van der Waals surface area contributed by atoms with Gasteiger partial charge in [0.15, 0.2) is 0 Å². The van der Waals surface area contributed by atoms with Crippen LogP contribution in [0.5, 0.6) is 0 Å². The van der Waals surface area contributed by atoms with Gasteiger partial charge < -0.3 is 10.6 Å². The number of nitrogens with two attached hydrogens (primary N) is 1. The molecule has 0 saturated carbocycles. The predicted molar refractivity (Wildman–Crippen MR) is 74.5 cm³/mol. The molecule has 2 amide bonds. The summed E-state index contributed by atoms with van der Waals surface area (Å²) in [5.74, 6) is -1.69. The van der Waals surface area contributed by atoms with Gasteiger partial charge in [-0.3, -0.25) is 9.59 Å². The van der Waals surface area contributed by atoms with Gasteiger partial charge in [-0.2, -0.15) is 0 Å². The Balaban J connectivity index is 2.24. The average molecular weight is 254 g/mol. The maximum atomic E-state index is 11.4. The number of nitrogens with zero attached hydrogens (tertiary/aromatic N) is 1. The summed E-state index contributed by atoms with van der Waals surface area (Å²) in [5.41, 5.74) is 7.73. The van der Waals surface area contributed by atoms with Crippen LogP contribution in [0, 0.1) is 0 Å². The molecular formula is C15H14N2O2. The first kappa shape index (κ1) is 12.8. The van der Waals surface area contributed by atoms with E-state index < -0.39 is 11.8 Å². The number of primary amides is 1. The van der Waals surface area contributed by atoms with E-state index in [4.69, 9.17) is 5.73 Å². The Kier molecular flexibility index (Phi) is 3.61. The number of hydrogen-bond acceptors (Lipinski definition) is 2. The van der Waals surface area contributed by atoms with Crippen LogP contribution in [-0.4, -0.2) is 18.9 Å². The molecule has 2 N–H and O–H groups in total. The van der Waals surface area contributed by atoms with Gasteiger partial charge in [0.2, 0.25) is 0 Å². The molecule has 0 aliphatic heterocycles. The largest absolute Gasteiger partial charge is 0.361 e. The third-order valence-corrected chi connectivity index (χ3v) is 2.88. The molecule has 0 aliphatic carbocycles. The quantitative estimate of drug-likeness (QED) is 0.830. The summed E-state index contributed by atoms with van der Waals surface area (Å²) in [7, 11) is 1.52. The van der Waals surface area contributed by atoms with Crippen LogP contribution in [0.4, 0.5) is 5.69 Å². The number of anilines is 1. The maximum absolute atomic E-state index is 11.4. The molecule has 2 aromatic carbocycles. The number of benzene rings is 2. The zero-order valence-corrected chi connectivity index (χ0v) is 10.5. The zero-order chi connectivity index (χ0) is 13.8. The highest BCUT2D eigenvalue weighted by molar-refractivity contribution is 6.39. The van der Waals surface area contributed by atoms with Crippen molar-refractivity contribution in [1.82, 2.24) is 0 Å². The molecule has 4 nitrogen and oxygen atoms in total. The van der Waals surface area contributed by atoms with Crippen molar-refractivity contribution in [3.63, 3.8) is 0 Å². The molecule has 0 heterocycles. The first-order valence-electron chi connectivity index (χ1n) is 5.82. The first-order chi connectivity index (χ1) is 9.09. The van der Waals surface area contributed by atoms with Gasteiger partial charge in [0.05, 0.1) is 0 Å². The Labute approximate surface area is 111 Å². The second-order valence-electron chi connectivity index (χ2n) is 4.14. The molecule has 0 saturated heterocycles. The van der Waals surface area contributed by atoms with Crippen LogP contribution in [0.1, 0.15) is 0 Å². The smallest absolute Gasteiger partial charge is 0.315 e. The highest BCUT2D eigenvalue weighted by Crippen LogP contribution is 2.22. The standard InChI is InChI=1S/C15H14N2O2/c1-17(15(19)14(16)18)13-9-7-12(8-10-13)11-5-3-2-4-6-11/h2-10H,1H3,(H2,16,18). The summed E-state index contributed by atoms with van der Waals surface area (Å²) >= 11 is 0. The molecule has 0 fully saturated rings. The Hall–Kier alpha value is -2.62. The molecule has 0 aromatic heterocycles. The molecule has 2 rings (SSSR count). The Morgan fingerprint density at radius 2 is 1.42 bits per heavy atom. The fraction of sp³-hybridized carbons (Fsp3) is 0.0667. The van der Waals surface area contributed by atoms with Gasteiger partial charge in [0.1, 0.15) is 0 Å². The SMILES string of the molecule is CN(C(=O)C(N)=O)c1ccc(-c2ccccc2)cc1. The molecule has 96 valence electrons. The second kappa shape index (κ2) is 5.35. The molecule has 0 radical (unpaired) electrons. The van der Waals surface area contributed by atoms with Crippen molar-refractivity contribution in [3.05, 3.63) is 54.6 Å². The average Bonchev–Trinajstić information content (AvgIpc) is 2.46. The summed E-state index contributed by atoms with van der Waals surface area (Å²) in [6, 6.07) is 17.3. The molecule has 19 heavy (non-hydrogen) atoms. The molecule has 0 spiro atoms. The fourth-order valence-corrected chi connectivity index (χ4v) is 1.79. The summed E-state index contributed by atoms with van der Waals surface area (Å²) in [4.78, 5) is 23.5. The zero-order valence-electron chi connectivity index (χ0n) is 10.5. The monoisotopic (exact) mass is 254 g/mol.